The zero-order valence-electron chi connectivity index (χ0n) is 14.3. The van der Waals surface area contributed by atoms with Crippen molar-refractivity contribution in [3.05, 3.63) is 64.4 Å². The Balaban J connectivity index is 2.09. The van der Waals surface area contributed by atoms with E-state index in [9.17, 15) is 17.6 Å². The van der Waals surface area contributed by atoms with E-state index in [1.165, 1.54) is 30.3 Å². The molecule has 0 fully saturated rings. The highest BCUT2D eigenvalue weighted by Crippen LogP contribution is 2.17. The predicted molar refractivity (Wildman–Crippen MR) is 99.3 cm³/mol. The Hall–Kier alpha value is -1.77. The maximum Gasteiger partial charge on any atom is 0.324 e. The van der Waals surface area contributed by atoms with Gasteiger partial charge in [-0.25, -0.2) is 12.8 Å². The average Bonchev–Trinajstić information content (AvgIpc) is 2.58. The molecule has 26 heavy (non-hydrogen) atoms. The lowest BCUT2D eigenvalue weighted by molar-refractivity contribution is -0.148. The number of benzene rings is 2. The molecule has 0 saturated heterocycles. The molecule has 1 N–H and O–H groups in total. The number of sulfonamides is 1. The molecular formula is C18H19BrFNO4S. The number of nitrogens with one attached hydrogen (secondary N) is 1. The van der Waals surface area contributed by atoms with E-state index in [4.69, 9.17) is 4.74 Å². The highest BCUT2D eigenvalue weighted by atomic mass is 79.9. The number of hydrogen-bond acceptors (Lipinski definition) is 4. The Morgan fingerprint density at radius 3 is 2.42 bits per heavy atom. The Labute approximate surface area is 160 Å². The lowest BCUT2D eigenvalue weighted by Gasteiger charge is -2.21. The third kappa shape index (κ3) is 5.62. The molecule has 140 valence electrons. The van der Waals surface area contributed by atoms with E-state index in [1.54, 1.807) is 32.0 Å². The molecular weight excluding hydrogens is 425 g/mol. The van der Waals surface area contributed by atoms with Crippen molar-refractivity contribution >= 4 is 31.9 Å². The molecule has 0 radical (unpaired) electrons. The molecule has 1 atom stereocenters. The summed E-state index contributed by atoms with van der Waals surface area (Å²) in [5, 5.41) is 0. The number of ether oxygens (including phenoxy) is 1. The van der Waals surface area contributed by atoms with Gasteiger partial charge in [0.2, 0.25) is 10.0 Å². The first-order valence-electron chi connectivity index (χ1n) is 7.88. The van der Waals surface area contributed by atoms with Gasteiger partial charge in [0.1, 0.15) is 18.5 Å². The van der Waals surface area contributed by atoms with Gasteiger partial charge >= 0.3 is 5.97 Å². The number of halogens is 2. The van der Waals surface area contributed by atoms with Crippen LogP contribution >= 0.6 is 15.9 Å². The molecule has 2 aromatic carbocycles. The van der Waals surface area contributed by atoms with Crippen molar-refractivity contribution in [2.75, 3.05) is 0 Å². The average molecular weight is 444 g/mol. The molecule has 0 unspecified atom stereocenters. The molecule has 0 aliphatic rings. The molecule has 0 aromatic heterocycles. The number of carbonyl (C=O) groups excluding carboxylic acids is 1. The standard InChI is InChI=1S/C18H19BrFNO4S/c1-12(2)17(18(22)25-11-13-4-3-5-15(20)10-13)21-26(23,24)16-8-6-14(19)7-9-16/h3-10,12,17,21H,11H2,1-2H3/t17-/m0/s1. The first-order valence-corrected chi connectivity index (χ1v) is 10.2. The number of rotatable bonds is 7. The van der Waals surface area contributed by atoms with E-state index in [0.29, 0.717) is 5.56 Å². The summed E-state index contributed by atoms with van der Waals surface area (Å²) in [4.78, 5) is 12.4. The second kappa shape index (κ2) is 8.75. The normalized spacial score (nSPS) is 12.8. The summed E-state index contributed by atoms with van der Waals surface area (Å²) in [7, 11) is -3.89. The van der Waals surface area contributed by atoms with Crippen molar-refractivity contribution < 1.29 is 22.3 Å². The third-order valence-electron chi connectivity index (χ3n) is 3.60. The second-order valence-corrected chi connectivity index (χ2v) is 8.66. The van der Waals surface area contributed by atoms with Gasteiger partial charge < -0.3 is 4.74 Å². The third-order valence-corrected chi connectivity index (χ3v) is 5.58. The van der Waals surface area contributed by atoms with Gasteiger partial charge in [0.25, 0.3) is 0 Å². The van der Waals surface area contributed by atoms with Crippen LogP contribution in [0.3, 0.4) is 0 Å². The SMILES string of the molecule is CC(C)[C@H](NS(=O)(=O)c1ccc(Br)cc1)C(=O)OCc1cccc(F)c1. The Kier molecular flexibility index (Phi) is 6.91. The van der Waals surface area contributed by atoms with Crippen molar-refractivity contribution in [3.8, 4) is 0 Å². The largest absolute Gasteiger partial charge is 0.460 e. The number of hydrogen-bond donors (Lipinski definition) is 1. The van der Waals surface area contributed by atoms with Gasteiger partial charge in [-0.05, 0) is 47.9 Å². The maximum absolute atomic E-state index is 13.2. The summed E-state index contributed by atoms with van der Waals surface area (Å²) in [5.41, 5.74) is 0.483. The van der Waals surface area contributed by atoms with Crippen LogP contribution in [0.25, 0.3) is 0 Å². The monoisotopic (exact) mass is 443 g/mol. The van der Waals surface area contributed by atoms with Gasteiger partial charge in [-0.3, -0.25) is 4.79 Å². The minimum absolute atomic E-state index is 0.0456. The fraction of sp³-hybridized carbons (Fsp3) is 0.278. The van der Waals surface area contributed by atoms with E-state index in [-0.39, 0.29) is 17.4 Å². The molecule has 0 saturated carbocycles. The smallest absolute Gasteiger partial charge is 0.324 e. The molecule has 0 spiro atoms. The summed E-state index contributed by atoms with van der Waals surface area (Å²) >= 11 is 3.24. The highest BCUT2D eigenvalue weighted by molar-refractivity contribution is 9.10. The minimum Gasteiger partial charge on any atom is -0.460 e. The Bertz CT molecular complexity index is 869. The van der Waals surface area contributed by atoms with Crippen LogP contribution in [0.5, 0.6) is 0 Å². The Morgan fingerprint density at radius 2 is 1.85 bits per heavy atom. The van der Waals surface area contributed by atoms with E-state index in [0.717, 1.165) is 4.47 Å². The zero-order chi connectivity index (χ0) is 19.3. The Morgan fingerprint density at radius 1 is 1.19 bits per heavy atom. The highest BCUT2D eigenvalue weighted by Gasteiger charge is 2.29. The van der Waals surface area contributed by atoms with Crippen LogP contribution in [0, 0.1) is 11.7 Å². The lowest BCUT2D eigenvalue weighted by Crippen LogP contribution is -2.45. The molecule has 8 heteroatoms. The molecule has 2 aromatic rings. The molecule has 0 amide bonds. The zero-order valence-corrected chi connectivity index (χ0v) is 16.7. The van der Waals surface area contributed by atoms with Gasteiger partial charge in [-0.1, -0.05) is 41.9 Å². The molecule has 0 bridgehead atoms. The van der Waals surface area contributed by atoms with Crippen molar-refractivity contribution in [1.29, 1.82) is 0 Å². The summed E-state index contributed by atoms with van der Waals surface area (Å²) in [6.45, 7) is 3.27. The molecule has 2 rings (SSSR count). The molecule has 0 aliphatic heterocycles. The quantitative estimate of drug-likeness (QED) is 0.663. The number of carbonyl (C=O) groups is 1. The van der Waals surface area contributed by atoms with Gasteiger partial charge in [0, 0.05) is 4.47 Å². The fourth-order valence-electron chi connectivity index (χ4n) is 2.18. The van der Waals surface area contributed by atoms with E-state index in [1.807, 2.05) is 0 Å². The van der Waals surface area contributed by atoms with Crippen LogP contribution in [0.15, 0.2) is 57.9 Å². The first-order chi connectivity index (χ1) is 12.2. The van der Waals surface area contributed by atoms with Crippen molar-refractivity contribution in [2.24, 2.45) is 5.92 Å². The van der Waals surface area contributed by atoms with Gasteiger partial charge in [0.15, 0.2) is 0 Å². The van der Waals surface area contributed by atoms with Gasteiger partial charge in [-0.2, -0.15) is 4.72 Å². The van der Waals surface area contributed by atoms with Crippen LogP contribution in [-0.4, -0.2) is 20.4 Å². The van der Waals surface area contributed by atoms with Gasteiger partial charge in [0.05, 0.1) is 4.90 Å². The summed E-state index contributed by atoms with van der Waals surface area (Å²) in [6.07, 6.45) is 0. The second-order valence-electron chi connectivity index (χ2n) is 6.03. The minimum atomic E-state index is -3.89. The van der Waals surface area contributed by atoms with Gasteiger partial charge in [-0.15, -0.1) is 0 Å². The van der Waals surface area contributed by atoms with E-state index < -0.39 is 27.9 Å². The molecule has 0 aliphatic carbocycles. The van der Waals surface area contributed by atoms with Crippen LogP contribution in [-0.2, 0) is 26.2 Å². The first kappa shape index (κ1) is 20.5. The molecule has 0 heterocycles. The fourth-order valence-corrected chi connectivity index (χ4v) is 3.77. The summed E-state index contributed by atoms with van der Waals surface area (Å²) in [6, 6.07) is 10.7. The van der Waals surface area contributed by atoms with E-state index in [2.05, 4.69) is 20.7 Å². The van der Waals surface area contributed by atoms with Crippen LogP contribution < -0.4 is 4.72 Å². The maximum atomic E-state index is 13.2. The summed E-state index contributed by atoms with van der Waals surface area (Å²) < 4.78 is 46.5. The number of esters is 1. The summed E-state index contributed by atoms with van der Waals surface area (Å²) in [5.74, 6) is -1.49. The van der Waals surface area contributed by atoms with Crippen molar-refractivity contribution in [2.45, 2.75) is 31.4 Å². The topological polar surface area (TPSA) is 72.5 Å². The lowest BCUT2D eigenvalue weighted by atomic mass is 10.1. The van der Waals surface area contributed by atoms with Crippen molar-refractivity contribution in [1.82, 2.24) is 4.72 Å². The van der Waals surface area contributed by atoms with Crippen LogP contribution in [0.1, 0.15) is 19.4 Å². The van der Waals surface area contributed by atoms with Crippen LogP contribution in [0.4, 0.5) is 4.39 Å². The molecule has 5 nitrogen and oxygen atoms in total. The predicted octanol–water partition coefficient (Wildman–Crippen LogP) is 3.63. The van der Waals surface area contributed by atoms with E-state index >= 15 is 0 Å². The van der Waals surface area contributed by atoms with Crippen molar-refractivity contribution in [3.63, 3.8) is 0 Å². The van der Waals surface area contributed by atoms with Crippen LogP contribution in [0.2, 0.25) is 0 Å².